The van der Waals surface area contributed by atoms with Gasteiger partial charge in [-0.1, -0.05) is 51.1 Å². The molecule has 4 atom stereocenters. The van der Waals surface area contributed by atoms with Crippen molar-refractivity contribution in [2.24, 2.45) is 11.1 Å². The van der Waals surface area contributed by atoms with Gasteiger partial charge in [-0.15, -0.1) is 0 Å². The van der Waals surface area contributed by atoms with Gasteiger partial charge in [-0.25, -0.2) is 8.78 Å². The third-order valence-electron chi connectivity index (χ3n) is 12.2. The van der Waals surface area contributed by atoms with Crippen LogP contribution in [-0.4, -0.2) is 133 Å². The normalized spacial score (nSPS) is 13.8. The second-order valence-electron chi connectivity index (χ2n) is 19.1. The standard InChI is InChI=1S/C53H61F2N9O12/c1-53(2,3)50(41-25-34(36-26-35(54)11-12-37(36)55)29-62(41)28-33-8-5-4-6-9-33)63(48(72)31-65)23-19-39(61-52(76)40(27-43(56)67)60-44(68)24-32-17-21-57-22-18-32)51(75)58-20-7-10-42(66)38(13-16-49(73)74)59-45(69)30-64-46(70)14-15-47(64)71/h4-6,8-9,11-12,14-15,17-18,21-22,25-26,29,38-40,50,65H,7,10,13,16,19-20,23-24,27-28,30-31H2,1-3H3,(H2,56,67)(H,58,75)(H,59,69)(H,60,68)(H,61,76)(H,73,74)/t38-,39+,40+,50+/m1/s1. The number of halogens is 2. The highest BCUT2D eigenvalue weighted by Gasteiger charge is 2.39. The Balaban J connectivity index is 1.43. The molecule has 2 aromatic heterocycles. The number of aliphatic hydroxyl groups is 1. The molecule has 76 heavy (non-hydrogen) atoms. The Morgan fingerprint density at radius 3 is 2.09 bits per heavy atom. The molecule has 23 heteroatoms. The van der Waals surface area contributed by atoms with Crippen LogP contribution < -0.4 is 27.0 Å². The van der Waals surface area contributed by atoms with E-state index in [0.29, 0.717) is 16.2 Å². The van der Waals surface area contributed by atoms with E-state index in [-0.39, 0.29) is 62.9 Å². The van der Waals surface area contributed by atoms with Gasteiger partial charge in [0.2, 0.25) is 35.4 Å². The quantitative estimate of drug-likeness (QED) is 0.0317. The number of rotatable bonds is 28. The number of aliphatic carboxylic acids is 1. The Morgan fingerprint density at radius 2 is 1.46 bits per heavy atom. The van der Waals surface area contributed by atoms with Gasteiger partial charge in [0.25, 0.3) is 11.8 Å². The number of nitrogens with zero attached hydrogens (tertiary/aromatic N) is 4. The van der Waals surface area contributed by atoms with Crippen LogP contribution in [0, 0.1) is 17.0 Å². The number of hydrogen-bond acceptors (Lipinski definition) is 12. The summed E-state index contributed by atoms with van der Waals surface area (Å²) in [5.41, 5.74) is 6.57. The summed E-state index contributed by atoms with van der Waals surface area (Å²) in [4.78, 5) is 135. The van der Waals surface area contributed by atoms with E-state index in [1.165, 1.54) is 17.3 Å². The van der Waals surface area contributed by atoms with E-state index in [4.69, 9.17) is 5.73 Å². The van der Waals surface area contributed by atoms with Crippen molar-refractivity contribution < 1.29 is 66.9 Å². The summed E-state index contributed by atoms with van der Waals surface area (Å²) in [5.74, 6) is -10.1. The molecular formula is C53H61F2N9O12. The number of aromatic nitrogens is 2. The average molecular weight is 1050 g/mol. The first-order valence-corrected chi connectivity index (χ1v) is 24.3. The van der Waals surface area contributed by atoms with Crippen LogP contribution in [0.3, 0.4) is 0 Å². The number of benzene rings is 2. The molecule has 8 amide bonds. The van der Waals surface area contributed by atoms with E-state index in [9.17, 15) is 62.5 Å². The summed E-state index contributed by atoms with van der Waals surface area (Å²) >= 11 is 0. The molecule has 0 bridgehead atoms. The second-order valence-corrected chi connectivity index (χ2v) is 19.1. The molecule has 0 aliphatic carbocycles. The van der Waals surface area contributed by atoms with Crippen molar-refractivity contribution in [3.05, 3.63) is 126 Å². The van der Waals surface area contributed by atoms with Crippen LogP contribution in [0.5, 0.6) is 0 Å². The lowest BCUT2D eigenvalue weighted by molar-refractivity contribution is -0.141. The lowest BCUT2D eigenvalue weighted by Crippen LogP contribution is -2.56. The number of imide groups is 1. The number of pyridine rings is 1. The van der Waals surface area contributed by atoms with Crippen LogP contribution in [-0.2, 0) is 60.9 Å². The van der Waals surface area contributed by atoms with Gasteiger partial charge in [-0.2, -0.15) is 0 Å². The molecule has 5 rings (SSSR count). The minimum atomic E-state index is -1.60. The van der Waals surface area contributed by atoms with Gasteiger partial charge in [-0.3, -0.25) is 57.8 Å². The van der Waals surface area contributed by atoms with E-state index in [1.807, 2.05) is 30.3 Å². The molecule has 0 spiro atoms. The lowest BCUT2D eigenvalue weighted by Gasteiger charge is -2.41. The van der Waals surface area contributed by atoms with Crippen LogP contribution >= 0.6 is 0 Å². The number of Topliss-reactive ketones (excluding diaryl/α,β-unsaturated/α-hetero) is 1. The Labute approximate surface area is 436 Å². The number of primary amides is 1. The minimum absolute atomic E-state index is 0.0634. The molecule has 1 aliphatic heterocycles. The Hall–Kier alpha value is -8.47. The Morgan fingerprint density at radius 1 is 0.789 bits per heavy atom. The molecule has 404 valence electrons. The topological polar surface area (TPSA) is 310 Å². The van der Waals surface area contributed by atoms with Gasteiger partial charge in [0, 0.05) is 80.0 Å². The van der Waals surface area contributed by atoms with Crippen molar-refractivity contribution in [3.8, 4) is 11.1 Å². The number of aliphatic hydroxyl groups excluding tert-OH is 1. The van der Waals surface area contributed by atoms with Crippen LogP contribution in [0.4, 0.5) is 8.78 Å². The molecule has 8 N–H and O–H groups in total. The monoisotopic (exact) mass is 1050 g/mol. The van der Waals surface area contributed by atoms with E-state index < -0.39 is 126 Å². The molecule has 0 radical (unpaired) electrons. The van der Waals surface area contributed by atoms with Gasteiger partial charge in [0.1, 0.15) is 36.9 Å². The van der Waals surface area contributed by atoms with Crippen molar-refractivity contribution in [1.29, 1.82) is 0 Å². The number of nitrogens with two attached hydrogens (primary N) is 1. The van der Waals surface area contributed by atoms with E-state index >= 15 is 4.39 Å². The van der Waals surface area contributed by atoms with Crippen molar-refractivity contribution in [2.45, 2.75) is 96.4 Å². The molecule has 0 unspecified atom stereocenters. The van der Waals surface area contributed by atoms with E-state index in [0.717, 1.165) is 35.9 Å². The summed E-state index contributed by atoms with van der Waals surface area (Å²) in [6, 6.07) is 11.4. The highest BCUT2D eigenvalue weighted by molar-refractivity contribution is 6.14. The van der Waals surface area contributed by atoms with Crippen LogP contribution in [0.2, 0.25) is 0 Å². The van der Waals surface area contributed by atoms with E-state index in [1.54, 1.807) is 49.7 Å². The highest BCUT2D eigenvalue weighted by Crippen LogP contribution is 2.41. The van der Waals surface area contributed by atoms with Gasteiger partial charge in [0.05, 0.1) is 24.9 Å². The summed E-state index contributed by atoms with van der Waals surface area (Å²) in [6.07, 6.45) is 3.84. The van der Waals surface area contributed by atoms with Crippen molar-refractivity contribution >= 4 is 59.0 Å². The first-order valence-electron chi connectivity index (χ1n) is 24.3. The number of carboxylic acid groups (broad SMARTS) is 1. The molecule has 0 saturated heterocycles. The first-order chi connectivity index (χ1) is 36.0. The van der Waals surface area contributed by atoms with Crippen LogP contribution in [0.25, 0.3) is 11.1 Å². The SMILES string of the molecule is CC(C)(C)[C@H](c1cc(-c2cc(F)ccc2F)cn1Cc1ccccc1)N(CC[C@H](NC(=O)[C@H](CC(N)=O)NC(=O)Cc1ccncc1)C(=O)NCCCC(=O)[C@@H](CCC(=O)O)NC(=O)CN1C(=O)C=CC1=O)C(=O)CO. The first kappa shape index (κ1) is 58.4. The van der Waals surface area contributed by atoms with Gasteiger partial charge >= 0.3 is 5.97 Å². The predicted octanol–water partition coefficient (Wildman–Crippen LogP) is 2.00. The van der Waals surface area contributed by atoms with Crippen molar-refractivity contribution in [3.63, 3.8) is 0 Å². The number of carbonyl (C=O) groups is 10. The summed E-state index contributed by atoms with van der Waals surface area (Å²) in [7, 11) is 0. The maximum atomic E-state index is 15.4. The summed E-state index contributed by atoms with van der Waals surface area (Å²) in [5, 5.41) is 29.8. The third kappa shape index (κ3) is 17.0. The number of ketones is 1. The molecule has 21 nitrogen and oxygen atoms in total. The van der Waals surface area contributed by atoms with Crippen LogP contribution in [0.15, 0.2) is 97.5 Å². The predicted molar refractivity (Wildman–Crippen MR) is 268 cm³/mol. The average Bonchev–Trinajstić information content (AvgIpc) is 3.92. The zero-order chi connectivity index (χ0) is 55.7. The zero-order valence-electron chi connectivity index (χ0n) is 42.1. The number of hydrogen-bond donors (Lipinski definition) is 7. The smallest absolute Gasteiger partial charge is 0.303 e. The lowest BCUT2D eigenvalue weighted by atomic mass is 9.82. The molecule has 1 aliphatic rings. The van der Waals surface area contributed by atoms with Gasteiger partial charge in [-0.05, 0) is 72.2 Å². The minimum Gasteiger partial charge on any atom is -0.481 e. The fourth-order valence-electron chi connectivity index (χ4n) is 8.58. The van der Waals surface area contributed by atoms with Gasteiger partial charge < -0.3 is 46.7 Å². The number of nitrogens with one attached hydrogen (secondary N) is 4. The van der Waals surface area contributed by atoms with Crippen LogP contribution in [0.1, 0.15) is 82.2 Å². The summed E-state index contributed by atoms with van der Waals surface area (Å²) in [6.45, 7) is 3.26. The molecule has 0 saturated carbocycles. The number of carboxylic acids is 1. The highest BCUT2D eigenvalue weighted by atomic mass is 19.1. The van der Waals surface area contributed by atoms with Crippen molar-refractivity contribution in [2.75, 3.05) is 26.2 Å². The maximum absolute atomic E-state index is 15.4. The van der Waals surface area contributed by atoms with E-state index in [2.05, 4.69) is 26.3 Å². The molecule has 0 fully saturated rings. The number of amides is 8. The molecular weight excluding hydrogens is 993 g/mol. The number of carbonyl (C=O) groups excluding carboxylic acids is 9. The Bertz CT molecular complexity index is 2800. The third-order valence-corrected chi connectivity index (χ3v) is 12.2. The fraction of sp³-hybridized carbons (Fsp3) is 0.377. The fourth-order valence-corrected chi connectivity index (χ4v) is 8.58. The molecule has 2 aromatic carbocycles. The summed E-state index contributed by atoms with van der Waals surface area (Å²) < 4.78 is 31.8. The van der Waals surface area contributed by atoms with Gasteiger partial charge in [0.15, 0.2) is 5.78 Å². The maximum Gasteiger partial charge on any atom is 0.303 e. The zero-order valence-corrected chi connectivity index (χ0v) is 42.1. The largest absolute Gasteiger partial charge is 0.481 e. The second kappa shape index (κ2) is 27.2. The molecule has 4 aromatic rings. The molecule has 3 heterocycles. The van der Waals surface area contributed by atoms with Crippen molar-refractivity contribution in [1.82, 2.24) is 40.6 Å². The Kier molecular flexibility index (Phi) is 20.9.